The molecule has 1 aromatic heterocycles. The monoisotopic (exact) mass is 254 g/mol. The van der Waals surface area contributed by atoms with E-state index in [1.54, 1.807) is 12.5 Å². The highest BCUT2D eigenvalue weighted by Gasteiger charge is 2.12. The Labute approximate surface area is 111 Å². The molecule has 4 heteroatoms. The second kappa shape index (κ2) is 4.72. The van der Waals surface area contributed by atoms with Crippen molar-refractivity contribution in [3.63, 3.8) is 0 Å². The summed E-state index contributed by atoms with van der Waals surface area (Å²) in [6.07, 6.45) is 9.62. The Bertz CT molecular complexity index is 642. The van der Waals surface area contributed by atoms with E-state index in [0.29, 0.717) is 0 Å². The van der Waals surface area contributed by atoms with Gasteiger partial charge in [-0.05, 0) is 35.6 Å². The van der Waals surface area contributed by atoms with E-state index in [-0.39, 0.29) is 6.42 Å². The van der Waals surface area contributed by atoms with E-state index in [0.717, 1.165) is 24.0 Å². The van der Waals surface area contributed by atoms with Gasteiger partial charge < -0.3 is 9.67 Å². The molecule has 0 saturated carbocycles. The molecule has 4 nitrogen and oxygen atoms in total. The van der Waals surface area contributed by atoms with Crippen molar-refractivity contribution < 1.29 is 9.90 Å². The Balaban J connectivity index is 1.96. The molecule has 0 aliphatic heterocycles. The van der Waals surface area contributed by atoms with Crippen molar-refractivity contribution >= 4 is 17.7 Å². The number of carboxylic acid groups (broad SMARTS) is 1. The molecule has 1 aromatic carbocycles. The molecule has 0 bridgehead atoms. The third-order valence-corrected chi connectivity index (χ3v) is 3.37. The minimum atomic E-state index is -0.797. The van der Waals surface area contributed by atoms with Crippen LogP contribution in [0.2, 0.25) is 0 Å². The molecule has 1 aliphatic rings. The van der Waals surface area contributed by atoms with Gasteiger partial charge in [-0.25, -0.2) is 4.98 Å². The lowest BCUT2D eigenvalue weighted by atomic mass is 9.93. The number of imidazole rings is 1. The average molecular weight is 254 g/mol. The molecular weight excluding hydrogens is 240 g/mol. The van der Waals surface area contributed by atoms with Crippen molar-refractivity contribution in [1.29, 1.82) is 0 Å². The summed E-state index contributed by atoms with van der Waals surface area (Å²) in [4.78, 5) is 14.8. The van der Waals surface area contributed by atoms with Crippen molar-refractivity contribution in [3.8, 4) is 0 Å². The van der Waals surface area contributed by atoms with Gasteiger partial charge in [-0.15, -0.1) is 0 Å². The van der Waals surface area contributed by atoms with Crippen LogP contribution in [-0.2, 0) is 17.6 Å². The summed E-state index contributed by atoms with van der Waals surface area (Å²) in [6, 6.07) is 5.91. The normalized spacial score (nSPS) is 13.8. The van der Waals surface area contributed by atoms with Crippen molar-refractivity contribution in [2.75, 3.05) is 0 Å². The number of hydrogen-bond acceptors (Lipinski definition) is 2. The second-order valence-corrected chi connectivity index (χ2v) is 4.71. The van der Waals surface area contributed by atoms with Crippen molar-refractivity contribution in [2.24, 2.45) is 0 Å². The smallest absolute Gasteiger partial charge is 0.307 e. The molecule has 0 radical (unpaired) electrons. The molecule has 1 aliphatic carbocycles. The third-order valence-electron chi connectivity index (χ3n) is 3.37. The quantitative estimate of drug-likeness (QED) is 0.915. The zero-order valence-corrected chi connectivity index (χ0v) is 10.4. The predicted octanol–water partition coefficient (Wildman–Crippen LogP) is 2.45. The Kier molecular flexibility index (Phi) is 2.91. The second-order valence-electron chi connectivity index (χ2n) is 4.71. The molecule has 0 spiro atoms. The van der Waals surface area contributed by atoms with Crippen molar-refractivity contribution in [2.45, 2.75) is 19.3 Å². The molecule has 0 fully saturated rings. The maximum absolute atomic E-state index is 10.8. The molecule has 0 atom stereocenters. The van der Waals surface area contributed by atoms with Gasteiger partial charge in [0, 0.05) is 18.1 Å². The van der Waals surface area contributed by atoms with Gasteiger partial charge in [0.1, 0.15) is 0 Å². The lowest BCUT2D eigenvalue weighted by Crippen LogP contribution is -2.05. The number of carboxylic acids is 1. The Morgan fingerprint density at radius 3 is 3.00 bits per heavy atom. The van der Waals surface area contributed by atoms with Gasteiger partial charge in [-0.3, -0.25) is 4.79 Å². The number of benzene rings is 1. The number of allylic oxidation sites excluding steroid dienone is 1. The summed E-state index contributed by atoms with van der Waals surface area (Å²) in [5.74, 6) is -0.797. The lowest BCUT2D eigenvalue weighted by molar-refractivity contribution is -0.136. The number of aryl methyl sites for hydroxylation is 1. The van der Waals surface area contributed by atoms with Gasteiger partial charge in [-0.2, -0.15) is 0 Å². The maximum Gasteiger partial charge on any atom is 0.307 e. The highest BCUT2D eigenvalue weighted by Crippen LogP contribution is 2.27. The molecule has 1 heterocycles. The first-order chi connectivity index (χ1) is 9.22. The first kappa shape index (κ1) is 11.7. The average Bonchev–Trinajstić information content (AvgIpc) is 2.91. The fraction of sp³-hybridized carbons (Fsp3) is 0.200. The van der Waals surface area contributed by atoms with E-state index in [4.69, 9.17) is 5.11 Å². The molecule has 3 rings (SSSR count). The van der Waals surface area contributed by atoms with Crippen LogP contribution in [0, 0.1) is 0 Å². The molecule has 0 amide bonds. The van der Waals surface area contributed by atoms with Gasteiger partial charge in [0.2, 0.25) is 0 Å². The first-order valence-corrected chi connectivity index (χ1v) is 6.25. The van der Waals surface area contributed by atoms with E-state index in [1.165, 1.54) is 11.3 Å². The Hall–Kier alpha value is -2.36. The summed E-state index contributed by atoms with van der Waals surface area (Å²) in [5, 5.41) is 8.85. The van der Waals surface area contributed by atoms with Crippen molar-refractivity contribution in [1.82, 2.24) is 9.55 Å². The van der Waals surface area contributed by atoms with Crippen LogP contribution in [0.25, 0.3) is 11.8 Å². The fourth-order valence-electron chi connectivity index (χ4n) is 2.44. The fourth-order valence-corrected chi connectivity index (χ4v) is 2.44. The van der Waals surface area contributed by atoms with E-state index in [9.17, 15) is 4.79 Å². The molecular formula is C15H14N2O2. The minimum absolute atomic E-state index is 0.0710. The summed E-state index contributed by atoms with van der Waals surface area (Å²) in [7, 11) is 0. The number of carbonyl (C=O) groups is 1. The maximum atomic E-state index is 10.8. The third kappa shape index (κ3) is 2.42. The van der Waals surface area contributed by atoms with E-state index in [2.05, 4.69) is 11.1 Å². The number of fused-ring (bicyclic) bond motifs is 1. The van der Waals surface area contributed by atoms with Crippen LogP contribution in [0.4, 0.5) is 0 Å². The number of nitrogens with zero attached hydrogens (tertiary/aromatic N) is 2. The highest BCUT2D eigenvalue weighted by atomic mass is 16.4. The standard InChI is InChI=1S/C15H14N2O2/c18-15(19)8-11-1-2-12-3-4-14(9-13(12)7-11)17-6-5-16-10-17/h1-2,5-7,9-10H,3-4,8H2,(H,18,19). The number of rotatable bonds is 3. The Morgan fingerprint density at radius 1 is 1.37 bits per heavy atom. The van der Waals surface area contributed by atoms with Crippen LogP contribution in [0.5, 0.6) is 0 Å². The van der Waals surface area contributed by atoms with Gasteiger partial charge in [0.25, 0.3) is 0 Å². The van der Waals surface area contributed by atoms with Crippen LogP contribution in [0.3, 0.4) is 0 Å². The van der Waals surface area contributed by atoms with Crippen LogP contribution in [-0.4, -0.2) is 20.6 Å². The first-order valence-electron chi connectivity index (χ1n) is 6.25. The SMILES string of the molecule is O=C(O)Cc1ccc2c(c1)C=C(n1ccnc1)CC2. The number of aliphatic carboxylic acids is 1. The predicted molar refractivity (Wildman–Crippen MR) is 72.5 cm³/mol. The Morgan fingerprint density at radius 2 is 2.26 bits per heavy atom. The largest absolute Gasteiger partial charge is 0.481 e. The summed E-state index contributed by atoms with van der Waals surface area (Å²) in [5.41, 5.74) is 4.43. The lowest BCUT2D eigenvalue weighted by Gasteiger charge is -2.17. The minimum Gasteiger partial charge on any atom is -0.481 e. The molecule has 96 valence electrons. The zero-order chi connectivity index (χ0) is 13.2. The van der Waals surface area contributed by atoms with E-state index >= 15 is 0 Å². The molecule has 1 N–H and O–H groups in total. The number of hydrogen-bond donors (Lipinski definition) is 1. The van der Waals surface area contributed by atoms with Crippen molar-refractivity contribution in [3.05, 3.63) is 53.6 Å². The van der Waals surface area contributed by atoms with E-state index < -0.39 is 5.97 Å². The van der Waals surface area contributed by atoms with Gasteiger partial charge in [-0.1, -0.05) is 18.2 Å². The zero-order valence-electron chi connectivity index (χ0n) is 10.4. The topological polar surface area (TPSA) is 55.1 Å². The van der Waals surface area contributed by atoms with Crippen LogP contribution < -0.4 is 0 Å². The van der Waals surface area contributed by atoms with Crippen LogP contribution in [0.1, 0.15) is 23.1 Å². The van der Waals surface area contributed by atoms with Gasteiger partial charge in [0.15, 0.2) is 0 Å². The van der Waals surface area contributed by atoms with Crippen LogP contribution >= 0.6 is 0 Å². The van der Waals surface area contributed by atoms with E-state index in [1.807, 2.05) is 29.0 Å². The summed E-state index contributed by atoms with van der Waals surface area (Å²) < 4.78 is 2.01. The van der Waals surface area contributed by atoms with Gasteiger partial charge in [0.05, 0.1) is 12.7 Å². The van der Waals surface area contributed by atoms with Crippen LogP contribution in [0.15, 0.2) is 36.9 Å². The highest BCUT2D eigenvalue weighted by molar-refractivity contribution is 5.76. The molecule has 2 aromatic rings. The molecule has 19 heavy (non-hydrogen) atoms. The summed E-state index contributed by atoms with van der Waals surface area (Å²) in [6.45, 7) is 0. The number of aromatic nitrogens is 2. The summed E-state index contributed by atoms with van der Waals surface area (Å²) >= 11 is 0. The molecule has 0 saturated heterocycles. The molecule has 0 unspecified atom stereocenters. The van der Waals surface area contributed by atoms with Gasteiger partial charge >= 0.3 is 5.97 Å².